The molecule has 0 saturated carbocycles. The van der Waals surface area contributed by atoms with Crippen LogP contribution in [0.3, 0.4) is 0 Å². The van der Waals surface area contributed by atoms with Crippen LogP contribution in [0.25, 0.3) is 11.5 Å². The van der Waals surface area contributed by atoms with Crippen LogP contribution in [-0.4, -0.2) is 31.1 Å². The van der Waals surface area contributed by atoms with E-state index in [4.69, 9.17) is 5.73 Å². The van der Waals surface area contributed by atoms with Gasteiger partial charge in [-0.1, -0.05) is 0 Å². The van der Waals surface area contributed by atoms with E-state index in [9.17, 15) is 14.0 Å². The topological polar surface area (TPSA) is 111 Å². The minimum Gasteiger partial charge on any atom is -0.364 e. The SMILES string of the molecule is NC(=O)c1cc(NC(=O)c2cnn(-c3ccc(F)cc3)c2-n2cccc2)c[nH]1. The standard InChI is InChI=1S/C19H15FN6O2/c20-12-3-5-14(6-4-12)26-19(25-7-1-2-8-25)15(11-23-26)18(28)24-13-9-16(17(21)27)22-10-13/h1-11,22H,(H2,21,27)(H,24,28). The monoisotopic (exact) mass is 378 g/mol. The summed E-state index contributed by atoms with van der Waals surface area (Å²) in [6.07, 6.45) is 6.44. The van der Waals surface area contributed by atoms with Crippen LogP contribution >= 0.6 is 0 Å². The molecule has 0 saturated heterocycles. The molecular weight excluding hydrogens is 363 g/mol. The number of aromatic nitrogens is 4. The third-order valence-electron chi connectivity index (χ3n) is 4.12. The van der Waals surface area contributed by atoms with E-state index in [2.05, 4.69) is 15.4 Å². The van der Waals surface area contributed by atoms with E-state index in [0.717, 1.165) is 0 Å². The zero-order chi connectivity index (χ0) is 19.7. The molecule has 0 aliphatic rings. The lowest BCUT2D eigenvalue weighted by molar-refractivity contribution is 0.0993. The van der Waals surface area contributed by atoms with Gasteiger partial charge in [-0.15, -0.1) is 0 Å². The van der Waals surface area contributed by atoms with E-state index >= 15 is 0 Å². The van der Waals surface area contributed by atoms with Crippen molar-refractivity contribution in [1.29, 1.82) is 0 Å². The molecule has 0 aliphatic heterocycles. The number of hydrogen-bond acceptors (Lipinski definition) is 3. The largest absolute Gasteiger partial charge is 0.364 e. The first-order valence-electron chi connectivity index (χ1n) is 8.30. The number of halogens is 1. The Bertz CT molecular complexity index is 1140. The average Bonchev–Trinajstić information content (AvgIpc) is 3.42. The van der Waals surface area contributed by atoms with Gasteiger partial charge in [-0.25, -0.2) is 9.07 Å². The number of amides is 2. The molecule has 0 fully saturated rings. The highest BCUT2D eigenvalue weighted by Gasteiger charge is 2.20. The number of primary amides is 1. The molecule has 3 heterocycles. The Labute approximate surface area is 158 Å². The molecule has 0 aliphatic carbocycles. The minimum absolute atomic E-state index is 0.183. The average molecular weight is 378 g/mol. The number of benzene rings is 1. The van der Waals surface area contributed by atoms with Gasteiger partial charge in [0, 0.05) is 18.6 Å². The first-order valence-corrected chi connectivity index (χ1v) is 8.30. The summed E-state index contributed by atoms with van der Waals surface area (Å²) < 4.78 is 16.6. The summed E-state index contributed by atoms with van der Waals surface area (Å²) in [5.41, 5.74) is 6.68. The van der Waals surface area contributed by atoms with Crippen LogP contribution in [0.5, 0.6) is 0 Å². The van der Waals surface area contributed by atoms with E-state index in [-0.39, 0.29) is 11.5 Å². The van der Waals surface area contributed by atoms with Gasteiger partial charge >= 0.3 is 0 Å². The normalized spacial score (nSPS) is 10.8. The van der Waals surface area contributed by atoms with E-state index in [0.29, 0.717) is 22.8 Å². The van der Waals surface area contributed by atoms with Crippen molar-refractivity contribution in [3.05, 3.63) is 84.3 Å². The molecule has 1 aromatic carbocycles. The molecule has 3 aromatic heterocycles. The molecule has 0 bridgehead atoms. The van der Waals surface area contributed by atoms with Crippen molar-refractivity contribution in [3.8, 4) is 11.5 Å². The fraction of sp³-hybridized carbons (Fsp3) is 0. The third kappa shape index (κ3) is 3.16. The zero-order valence-corrected chi connectivity index (χ0v) is 14.5. The number of nitrogens with zero attached hydrogens (tertiary/aromatic N) is 3. The Morgan fingerprint density at radius 3 is 2.50 bits per heavy atom. The fourth-order valence-electron chi connectivity index (χ4n) is 2.80. The van der Waals surface area contributed by atoms with Crippen molar-refractivity contribution < 1.29 is 14.0 Å². The summed E-state index contributed by atoms with van der Waals surface area (Å²) in [7, 11) is 0. The highest BCUT2D eigenvalue weighted by atomic mass is 19.1. The quantitative estimate of drug-likeness (QED) is 0.496. The number of carbonyl (C=O) groups is 2. The fourth-order valence-corrected chi connectivity index (χ4v) is 2.80. The number of nitrogens with one attached hydrogen (secondary N) is 2. The molecule has 4 rings (SSSR count). The van der Waals surface area contributed by atoms with Crippen LogP contribution in [-0.2, 0) is 0 Å². The molecule has 9 heteroatoms. The van der Waals surface area contributed by atoms with Gasteiger partial charge in [0.05, 0.1) is 17.6 Å². The number of hydrogen-bond donors (Lipinski definition) is 3. The van der Waals surface area contributed by atoms with Gasteiger partial charge < -0.3 is 20.6 Å². The Balaban J connectivity index is 1.73. The first kappa shape index (κ1) is 17.3. The lowest BCUT2D eigenvalue weighted by Gasteiger charge is -2.11. The Kier molecular flexibility index (Phi) is 4.24. The summed E-state index contributed by atoms with van der Waals surface area (Å²) in [5, 5.41) is 7.00. The van der Waals surface area contributed by atoms with Crippen molar-refractivity contribution in [2.24, 2.45) is 5.73 Å². The zero-order valence-electron chi connectivity index (χ0n) is 14.5. The van der Waals surface area contributed by atoms with Crippen LogP contribution in [0.4, 0.5) is 10.1 Å². The van der Waals surface area contributed by atoms with Crippen LogP contribution in [0, 0.1) is 5.82 Å². The highest BCUT2D eigenvalue weighted by Crippen LogP contribution is 2.21. The third-order valence-corrected chi connectivity index (χ3v) is 4.12. The molecule has 4 aromatic rings. The van der Waals surface area contributed by atoms with Gasteiger partial charge in [-0.3, -0.25) is 9.59 Å². The predicted molar refractivity (Wildman–Crippen MR) is 100 cm³/mol. The van der Waals surface area contributed by atoms with Crippen molar-refractivity contribution in [1.82, 2.24) is 19.3 Å². The summed E-state index contributed by atoms with van der Waals surface area (Å²) in [6.45, 7) is 0. The summed E-state index contributed by atoms with van der Waals surface area (Å²) in [5.74, 6) is -0.932. The van der Waals surface area contributed by atoms with Gasteiger partial charge in [0.15, 0.2) is 5.82 Å². The number of anilines is 1. The molecular formula is C19H15FN6O2. The second-order valence-electron chi connectivity index (χ2n) is 5.98. The summed E-state index contributed by atoms with van der Waals surface area (Å²) in [6, 6.07) is 10.9. The van der Waals surface area contributed by atoms with Gasteiger partial charge in [-0.05, 0) is 42.5 Å². The van der Waals surface area contributed by atoms with Crippen LogP contribution in [0.2, 0.25) is 0 Å². The van der Waals surface area contributed by atoms with E-state index < -0.39 is 11.8 Å². The minimum atomic E-state index is -0.627. The lowest BCUT2D eigenvalue weighted by Crippen LogP contribution is -2.15. The molecule has 8 nitrogen and oxygen atoms in total. The van der Waals surface area contributed by atoms with Crippen molar-refractivity contribution in [2.45, 2.75) is 0 Å². The van der Waals surface area contributed by atoms with Crippen molar-refractivity contribution in [3.63, 3.8) is 0 Å². The molecule has 140 valence electrons. The summed E-state index contributed by atoms with van der Waals surface area (Å²) >= 11 is 0. The number of aromatic amines is 1. The summed E-state index contributed by atoms with van der Waals surface area (Å²) in [4.78, 5) is 26.7. The molecule has 0 atom stereocenters. The highest BCUT2D eigenvalue weighted by molar-refractivity contribution is 6.07. The second kappa shape index (κ2) is 6.88. The van der Waals surface area contributed by atoms with Crippen LogP contribution < -0.4 is 11.1 Å². The van der Waals surface area contributed by atoms with Crippen LogP contribution in [0.15, 0.2) is 67.3 Å². The maximum atomic E-state index is 13.3. The van der Waals surface area contributed by atoms with Gasteiger partial charge in [0.1, 0.15) is 17.1 Å². The number of nitrogens with two attached hydrogens (primary N) is 1. The van der Waals surface area contributed by atoms with E-state index in [1.54, 1.807) is 33.8 Å². The maximum absolute atomic E-state index is 13.3. The molecule has 0 spiro atoms. The first-order chi connectivity index (χ1) is 13.5. The van der Waals surface area contributed by atoms with Crippen LogP contribution in [0.1, 0.15) is 20.8 Å². The maximum Gasteiger partial charge on any atom is 0.265 e. The molecule has 0 unspecified atom stereocenters. The number of rotatable bonds is 5. The van der Waals surface area contributed by atoms with E-state index in [1.165, 1.54) is 30.6 Å². The smallest absolute Gasteiger partial charge is 0.265 e. The molecule has 28 heavy (non-hydrogen) atoms. The van der Waals surface area contributed by atoms with Crippen molar-refractivity contribution >= 4 is 17.5 Å². The second-order valence-corrected chi connectivity index (χ2v) is 5.98. The van der Waals surface area contributed by atoms with Crippen molar-refractivity contribution in [2.75, 3.05) is 5.32 Å². The van der Waals surface area contributed by atoms with E-state index in [1.807, 2.05) is 12.1 Å². The molecule has 2 amide bonds. The Morgan fingerprint density at radius 2 is 1.86 bits per heavy atom. The number of carbonyl (C=O) groups excluding carboxylic acids is 2. The molecule has 0 radical (unpaired) electrons. The predicted octanol–water partition coefficient (Wildman–Crippen LogP) is 2.48. The van der Waals surface area contributed by atoms with Gasteiger partial charge in [0.2, 0.25) is 0 Å². The number of H-pyrrole nitrogens is 1. The van der Waals surface area contributed by atoms with Gasteiger partial charge in [0.25, 0.3) is 11.8 Å². The Hall–Kier alpha value is -4.14. The lowest BCUT2D eigenvalue weighted by atomic mass is 10.2. The van der Waals surface area contributed by atoms with Gasteiger partial charge in [-0.2, -0.15) is 5.10 Å². The molecule has 4 N–H and O–H groups in total. The Morgan fingerprint density at radius 1 is 1.14 bits per heavy atom.